The molecule has 0 aromatic heterocycles. The van der Waals surface area contributed by atoms with Gasteiger partial charge in [0.25, 0.3) is 0 Å². The summed E-state index contributed by atoms with van der Waals surface area (Å²) in [6.07, 6.45) is 2.08. The fourth-order valence-corrected chi connectivity index (χ4v) is 3.60. The van der Waals surface area contributed by atoms with E-state index in [9.17, 15) is 0 Å². The van der Waals surface area contributed by atoms with Gasteiger partial charge in [0.2, 0.25) is 0 Å². The first-order valence-electron chi connectivity index (χ1n) is 9.80. The summed E-state index contributed by atoms with van der Waals surface area (Å²) in [6, 6.07) is 31.0. The monoisotopic (exact) mass is 361 g/mol. The normalized spacial score (nSPS) is 15.1. The van der Waals surface area contributed by atoms with Crippen LogP contribution in [0.5, 0.6) is 0 Å². The van der Waals surface area contributed by atoms with Gasteiger partial charge in [0.15, 0.2) is 0 Å². The molecule has 0 bridgehead atoms. The lowest BCUT2D eigenvalue weighted by Gasteiger charge is -2.29. The van der Waals surface area contributed by atoms with Crippen molar-refractivity contribution in [1.82, 2.24) is 4.90 Å². The summed E-state index contributed by atoms with van der Waals surface area (Å²) in [5.74, 6) is 13.9. The third-order valence-corrected chi connectivity index (χ3v) is 5.10. The van der Waals surface area contributed by atoms with Crippen LogP contribution in [0.1, 0.15) is 29.5 Å². The molecule has 0 saturated carbocycles. The van der Waals surface area contributed by atoms with Crippen molar-refractivity contribution in [3.05, 3.63) is 108 Å². The zero-order valence-corrected chi connectivity index (χ0v) is 15.9. The van der Waals surface area contributed by atoms with E-state index in [0.29, 0.717) is 0 Å². The van der Waals surface area contributed by atoms with Crippen LogP contribution in [0.3, 0.4) is 0 Å². The third-order valence-electron chi connectivity index (χ3n) is 5.10. The predicted molar refractivity (Wildman–Crippen MR) is 115 cm³/mol. The van der Waals surface area contributed by atoms with Crippen LogP contribution in [-0.4, -0.2) is 17.0 Å². The van der Waals surface area contributed by atoms with Gasteiger partial charge in [0, 0.05) is 24.2 Å². The van der Waals surface area contributed by atoms with E-state index in [1.807, 2.05) is 36.4 Å². The van der Waals surface area contributed by atoms with Gasteiger partial charge in [0.05, 0.1) is 0 Å². The van der Waals surface area contributed by atoms with Crippen molar-refractivity contribution in [1.29, 1.82) is 0 Å². The molecule has 0 spiro atoms. The number of hydrogen-bond donors (Lipinski definition) is 0. The second-order valence-electron chi connectivity index (χ2n) is 7.10. The molecule has 28 heavy (non-hydrogen) atoms. The molecule has 0 N–H and O–H groups in total. The predicted octanol–water partition coefficient (Wildman–Crippen LogP) is 5.12. The van der Waals surface area contributed by atoms with E-state index in [1.54, 1.807) is 0 Å². The van der Waals surface area contributed by atoms with Crippen molar-refractivity contribution in [2.45, 2.75) is 24.9 Å². The van der Waals surface area contributed by atoms with E-state index < -0.39 is 5.54 Å². The molecule has 4 rings (SSSR count). The number of likely N-dealkylation sites (tertiary alicyclic amines) is 1. The Morgan fingerprint density at radius 1 is 0.679 bits per heavy atom. The van der Waals surface area contributed by atoms with Gasteiger partial charge in [-0.1, -0.05) is 90.4 Å². The number of rotatable bonds is 2. The number of nitrogens with zero attached hydrogens (tertiary/aromatic N) is 1. The lowest BCUT2D eigenvalue weighted by molar-refractivity contribution is 0.237. The average molecular weight is 361 g/mol. The third kappa shape index (κ3) is 4.34. The molecule has 136 valence electrons. The van der Waals surface area contributed by atoms with Crippen LogP contribution in [0.4, 0.5) is 0 Å². The molecular weight excluding hydrogens is 338 g/mol. The summed E-state index contributed by atoms with van der Waals surface area (Å²) < 4.78 is 0. The van der Waals surface area contributed by atoms with E-state index in [-0.39, 0.29) is 0 Å². The van der Waals surface area contributed by atoms with E-state index >= 15 is 0 Å². The minimum Gasteiger partial charge on any atom is -0.273 e. The van der Waals surface area contributed by atoms with E-state index in [0.717, 1.165) is 37.1 Å². The lowest BCUT2D eigenvalue weighted by atomic mass is 9.95. The maximum Gasteiger partial charge on any atom is 0.145 e. The fourth-order valence-electron chi connectivity index (χ4n) is 3.60. The van der Waals surface area contributed by atoms with Gasteiger partial charge in [-0.2, -0.15) is 0 Å². The van der Waals surface area contributed by atoms with Crippen LogP contribution >= 0.6 is 0 Å². The van der Waals surface area contributed by atoms with E-state index in [4.69, 9.17) is 0 Å². The van der Waals surface area contributed by atoms with Crippen molar-refractivity contribution in [2.75, 3.05) is 6.54 Å². The molecule has 1 heteroatoms. The highest BCUT2D eigenvalue weighted by Gasteiger charge is 2.38. The highest BCUT2D eigenvalue weighted by Crippen LogP contribution is 2.30. The van der Waals surface area contributed by atoms with E-state index in [2.05, 4.69) is 83.2 Å². The Morgan fingerprint density at radius 3 is 1.71 bits per heavy atom. The Balaban J connectivity index is 1.70. The molecule has 1 aliphatic heterocycles. The zero-order valence-electron chi connectivity index (χ0n) is 15.9. The Morgan fingerprint density at radius 2 is 1.18 bits per heavy atom. The Hall–Kier alpha value is -3.26. The largest absolute Gasteiger partial charge is 0.273 e. The molecule has 0 unspecified atom stereocenters. The molecule has 3 aromatic rings. The summed E-state index contributed by atoms with van der Waals surface area (Å²) in [6.45, 7) is 1.88. The molecule has 1 nitrogen and oxygen atoms in total. The molecule has 0 amide bonds. The molecule has 0 radical (unpaired) electrons. The highest BCUT2D eigenvalue weighted by molar-refractivity contribution is 5.46. The van der Waals surface area contributed by atoms with Crippen LogP contribution in [0, 0.1) is 23.7 Å². The zero-order chi connectivity index (χ0) is 19.1. The minimum atomic E-state index is -0.415. The van der Waals surface area contributed by atoms with Gasteiger partial charge in [-0.3, -0.25) is 4.90 Å². The second kappa shape index (κ2) is 8.62. The van der Waals surface area contributed by atoms with Crippen molar-refractivity contribution < 1.29 is 0 Å². The van der Waals surface area contributed by atoms with Crippen LogP contribution in [0.15, 0.2) is 91.0 Å². The van der Waals surface area contributed by atoms with Crippen molar-refractivity contribution in [2.24, 2.45) is 0 Å². The van der Waals surface area contributed by atoms with Gasteiger partial charge in [-0.15, -0.1) is 0 Å². The first kappa shape index (κ1) is 18.1. The number of hydrogen-bond acceptors (Lipinski definition) is 1. The summed E-state index contributed by atoms with van der Waals surface area (Å²) in [5, 5.41) is 0. The first-order chi connectivity index (χ1) is 13.8. The smallest absolute Gasteiger partial charge is 0.145 e. The maximum atomic E-state index is 3.55. The summed E-state index contributed by atoms with van der Waals surface area (Å²) in [5.41, 5.74) is 2.96. The highest BCUT2D eigenvalue weighted by atomic mass is 15.2. The molecule has 3 aromatic carbocycles. The standard InChI is InChI=1S/C27H23N/c1-4-11-24(12-5-1)17-20-27(21-18-25-13-6-2-7-14-25)19-10-22-28(27)23-26-15-8-3-9-16-26/h1-9,11-16H,10,19,22-23H2. The van der Waals surface area contributed by atoms with E-state index in [1.165, 1.54) is 5.56 Å². The molecule has 0 atom stereocenters. The molecule has 1 fully saturated rings. The van der Waals surface area contributed by atoms with Gasteiger partial charge < -0.3 is 0 Å². The fraction of sp³-hybridized carbons (Fsp3) is 0.185. The first-order valence-corrected chi connectivity index (χ1v) is 9.80. The summed E-state index contributed by atoms with van der Waals surface area (Å²) >= 11 is 0. The average Bonchev–Trinajstić information content (AvgIpc) is 3.16. The Labute approximate surface area is 168 Å². The second-order valence-corrected chi connectivity index (χ2v) is 7.10. The topological polar surface area (TPSA) is 3.24 Å². The van der Waals surface area contributed by atoms with Crippen molar-refractivity contribution in [3.8, 4) is 23.7 Å². The van der Waals surface area contributed by atoms with Crippen LogP contribution in [-0.2, 0) is 6.54 Å². The Bertz CT molecular complexity index is 957. The SMILES string of the molecule is C(#CC1(C#Cc2ccccc2)CCCN1Cc1ccccc1)c1ccccc1. The van der Waals surface area contributed by atoms with Gasteiger partial charge in [0.1, 0.15) is 5.54 Å². The van der Waals surface area contributed by atoms with Crippen LogP contribution in [0.25, 0.3) is 0 Å². The molecule has 1 aliphatic rings. The van der Waals surface area contributed by atoms with Crippen LogP contribution in [0.2, 0.25) is 0 Å². The van der Waals surface area contributed by atoms with Gasteiger partial charge >= 0.3 is 0 Å². The van der Waals surface area contributed by atoms with Gasteiger partial charge in [-0.05, 0) is 42.7 Å². The lowest BCUT2D eigenvalue weighted by Crippen LogP contribution is -2.41. The molecule has 0 aliphatic carbocycles. The van der Waals surface area contributed by atoms with Gasteiger partial charge in [-0.25, -0.2) is 0 Å². The quantitative estimate of drug-likeness (QED) is 0.572. The molecular formula is C27H23N. The Kier molecular flexibility index (Phi) is 5.58. The summed E-state index contributed by atoms with van der Waals surface area (Å²) in [4.78, 5) is 2.44. The number of benzene rings is 3. The summed E-state index contributed by atoms with van der Waals surface area (Å²) in [7, 11) is 0. The maximum absolute atomic E-state index is 3.55. The van der Waals surface area contributed by atoms with Crippen molar-refractivity contribution >= 4 is 0 Å². The molecule has 1 heterocycles. The van der Waals surface area contributed by atoms with Crippen molar-refractivity contribution in [3.63, 3.8) is 0 Å². The van der Waals surface area contributed by atoms with Crippen LogP contribution < -0.4 is 0 Å². The minimum absolute atomic E-state index is 0.415. The molecule has 1 saturated heterocycles.